The zero-order valence-corrected chi connectivity index (χ0v) is 7.28. The summed E-state index contributed by atoms with van der Waals surface area (Å²) in [6.45, 7) is 2.02. The molecule has 0 aliphatic heterocycles. The van der Waals surface area contributed by atoms with Gasteiger partial charge in [-0.25, -0.2) is 10.1 Å². The Balaban J connectivity index is 2.54. The summed E-state index contributed by atoms with van der Waals surface area (Å²) in [5.74, 6) is 0.609. The molecule has 0 atom stereocenters. The van der Waals surface area contributed by atoms with Gasteiger partial charge in [-0.15, -0.1) is 11.8 Å². The van der Waals surface area contributed by atoms with E-state index in [1.54, 1.807) is 6.33 Å². The van der Waals surface area contributed by atoms with Crippen LogP contribution < -0.4 is 0 Å². The summed E-state index contributed by atoms with van der Waals surface area (Å²) in [6, 6.07) is 0. The molecule has 0 fully saturated rings. The van der Waals surface area contributed by atoms with Crippen LogP contribution >= 0.6 is 11.8 Å². The van der Waals surface area contributed by atoms with Gasteiger partial charge >= 0.3 is 0 Å². The molecule has 1 rings (SSSR count). The van der Waals surface area contributed by atoms with Crippen LogP contribution in [0.3, 0.4) is 0 Å². The summed E-state index contributed by atoms with van der Waals surface area (Å²) in [5, 5.41) is 11.1. The van der Waals surface area contributed by atoms with E-state index in [-0.39, 0.29) is 6.61 Å². The predicted octanol–water partition coefficient (Wildman–Crippen LogP) is 1.49. The van der Waals surface area contributed by atoms with E-state index >= 15 is 0 Å². The molecule has 0 saturated carbocycles. The first-order chi connectivity index (χ1) is 5.38. The number of aromatic amines is 1. The Labute approximate surface area is 70.2 Å². The van der Waals surface area contributed by atoms with Crippen LogP contribution in [0, 0.1) is 0 Å². The third-order valence-electron chi connectivity index (χ3n) is 1.35. The van der Waals surface area contributed by atoms with Crippen LogP contribution in [0.1, 0.15) is 12.6 Å². The molecule has 4 heteroatoms. The lowest BCUT2D eigenvalue weighted by Gasteiger charge is -1.95. The molecule has 61 valence electrons. The van der Waals surface area contributed by atoms with Crippen LogP contribution in [0.4, 0.5) is 0 Å². The Morgan fingerprint density at radius 2 is 2.55 bits per heavy atom. The summed E-state index contributed by atoms with van der Waals surface area (Å²) >= 11 is 1.52. The molecule has 0 unspecified atom stereocenters. The van der Waals surface area contributed by atoms with Crippen molar-refractivity contribution < 1.29 is 5.11 Å². The van der Waals surface area contributed by atoms with E-state index < -0.39 is 0 Å². The second-order valence-corrected chi connectivity index (χ2v) is 3.18. The lowest BCUT2D eigenvalue weighted by atomic mass is 10.4. The van der Waals surface area contributed by atoms with Crippen molar-refractivity contribution in [3.8, 4) is 0 Å². The van der Waals surface area contributed by atoms with E-state index in [0.717, 1.165) is 17.1 Å². The minimum absolute atomic E-state index is 0.0410. The second kappa shape index (κ2) is 4.41. The number of thioether (sulfide) groups is 1. The van der Waals surface area contributed by atoms with Gasteiger partial charge in [0.25, 0.3) is 0 Å². The highest BCUT2D eigenvalue weighted by Crippen LogP contribution is 2.18. The number of aryl methyl sites for hydroxylation is 1. The van der Waals surface area contributed by atoms with Gasteiger partial charge in [0.1, 0.15) is 5.03 Å². The van der Waals surface area contributed by atoms with Crippen molar-refractivity contribution in [2.24, 2.45) is 0 Å². The molecule has 0 spiro atoms. The molecule has 0 aromatic carbocycles. The molecule has 11 heavy (non-hydrogen) atoms. The monoisotopic (exact) mass is 171 g/mol. The highest BCUT2D eigenvalue weighted by molar-refractivity contribution is 7.99. The summed E-state index contributed by atoms with van der Waals surface area (Å²) in [7, 11) is 0. The first-order valence-corrected chi connectivity index (χ1v) is 4.60. The molecule has 1 heterocycles. The Hall–Kier alpha value is -0.480. The summed E-state index contributed by atoms with van der Waals surface area (Å²) in [5.41, 5.74) is 1.13. The third-order valence-corrected chi connectivity index (χ3v) is 2.35. The first-order valence-electron chi connectivity index (χ1n) is 3.61. The van der Waals surface area contributed by atoms with Gasteiger partial charge in [-0.1, -0.05) is 6.92 Å². The maximum atomic E-state index is 10.2. The van der Waals surface area contributed by atoms with Crippen LogP contribution in [-0.2, 0) is 11.5 Å². The molecule has 3 nitrogen and oxygen atoms in total. The van der Waals surface area contributed by atoms with Crippen LogP contribution in [-0.4, -0.2) is 22.3 Å². The van der Waals surface area contributed by atoms with E-state index in [4.69, 9.17) is 0 Å². The fraction of sp³-hybridized carbons (Fsp3) is 0.571. The van der Waals surface area contributed by atoms with Gasteiger partial charge in [-0.05, 0) is 6.42 Å². The average Bonchev–Trinajstić information content (AvgIpc) is 2.47. The van der Waals surface area contributed by atoms with Gasteiger partial charge in [0.2, 0.25) is 0 Å². The average molecular weight is 171 g/mol. The molecule has 0 amide bonds. The van der Waals surface area contributed by atoms with Crippen LogP contribution in [0.5, 0.6) is 0 Å². The number of rotatable bonds is 4. The Bertz CT molecular complexity index is 212. The lowest BCUT2D eigenvalue weighted by Crippen LogP contribution is -1.87. The number of imidazole rings is 1. The molecule has 1 aromatic heterocycles. The number of nitrogens with one attached hydrogen (secondary N) is 1. The van der Waals surface area contributed by atoms with Gasteiger partial charge in [-0.2, -0.15) is 0 Å². The van der Waals surface area contributed by atoms with Crippen LogP contribution in [0.2, 0.25) is 0 Å². The Kier molecular flexibility index (Phi) is 3.45. The Morgan fingerprint density at radius 1 is 1.73 bits per heavy atom. The molecule has 0 aliphatic rings. The minimum atomic E-state index is -0.0410. The third kappa shape index (κ3) is 2.24. The maximum Gasteiger partial charge on any atom is 0.117 e. The van der Waals surface area contributed by atoms with E-state index in [0.29, 0.717) is 5.75 Å². The Morgan fingerprint density at radius 3 is 3.18 bits per heavy atom. The highest BCUT2D eigenvalue weighted by atomic mass is 32.2. The van der Waals surface area contributed by atoms with Gasteiger partial charge in [-0.3, -0.25) is 0 Å². The number of hydrogen-bond acceptors (Lipinski definition) is 2. The zero-order valence-electron chi connectivity index (χ0n) is 6.46. The first kappa shape index (κ1) is 8.62. The van der Waals surface area contributed by atoms with E-state index in [2.05, 4.69) is 16.9 Å². The summed E-state index contributed by atoms with van der Waals surface area (Å²) < 4.78 is 0. The van der Waals surface area contributed by atoms with Crippen molar-refractivity contribution in [1.29, 1.82) is 0 Å². The van der Waals surface area contributed by atoms with E-state index in [1.165, 1.54) is 11.8 Å². The molecule has 1 aromatic rings. The number of nitrogens with zero attached hydrogens (tertiary/aromatic N) is 1. The van der Waals surface area contributed by atoms with Crippen molar-refractivity contribution >= 4 is 11.8 Å². The second-order valence-electron chi connectivity index (χ2n) is 2.09. The topological polar surface area (TPSA) is 48.6 Å². The van der Waals surface area contributed by atoms with Crippen molar-refractivity contribution in [2.75, 3.05) is 12.4 Å². The molecule has 0 aliphatic carbocycles. The van der Waals surface area contributed by atoms with Gasteiger partial charge < -0.3 is 4.98 Å². The molecule has 0 saturated heterocycles. The zero-order chi connectivity index (χ0) is 8.10. The molecular formula is C7H11N2OS. The van der Waals surface area contributed by atoms with E-state index in [1.807, 2.05) is 0 Å². The standard InChI is InChI=1S/C7H11N2OS/c1-2-6-7(9-5-8-6)11-4-3-10/h5H,2-4H2,1H3,(H,8,9). The SMILES string of the molecule is CCc1[nH]cnc1SCC[O]. The van der Waals surface area contributed by atoms with Crippen LogP contribution in [0.15, 0.2) is 11.4 Å². The molecule has 1 N–H and O–H groups in total. The van der Waals surface area contributed by atoms with Gasteiger partial charge in [0.15, 0.2) is 0 Å². The van der Waals surface area contributed by atoms with Crippen molar-refractivity contribution in [2.45, 2.75) is 18.4 Å². The largest absolute Gasteiger partial charge is 0.348 e. The van der Waals surface area contributed by atoms with Gasteiger partial charge in [0, 0.05) is 11.4 Å². The summed E-state index contributed by atoms with van der Waals surface area (Å²) in [4.78, 5) is 7.12. The van der Waals surface area contributed by atoms with Crippen molar-refractivity contribution in [3.05, 3.63) is 12.0 Å². The van der Waals surface area contributed by atoms with Crippen LogP contribution in [0.25, 0.3) is 0 Å². The minimum Gasteiger partial charge on any atom is -0.348 e. The fourth-order valence-electron chi connectivity index (χ4n) is 0.824. The predicted molar refractivity (Wildman–Crippen MR) is 44.2 cm³/mol. The highest BCUT2D eigenvalue weighted by Gasteiger charge is 2.02. The quantitative estimate of drug-likeness (QED) is 0.698. The normalized spacial score (nSPS) is 10.4. The summed E-state index contributed by atoms with van der Waals surface area (Å²) in [6.07, 6.45) is 2.62. The smallest absolute Gasteiger partial charge is 0.117 e. The number of H-pyrrole nitrogens is 1. The molecule has 0 bridgehead atoms. The van der Waals surface area contributed by atoms with Crippen molar-refractivity contribution in [1.82, 2.24) is 9.97 Å². The molecule has 1 radical (unpaired) electrons. The van der Waals surface area contributed by atoms with E-state index in [9.17, 15) is 5.11 Å². The molecular weight excluding hydrogens is 160 g/mol. The van der Waals surface area contributed by atoms with Crippen molar-refractivity contribution in [3.63, 3.8) is 0 Å². The number of aromatic nitrogens is 2. The lowest BCUT2D eigenvalue weighted by molar-refractivity contribution is 0.215. The van der Waals surface area contributed by atoms with Gasteiger partial charge in [0.05, 0.1) is 12.9 Å². The number of hydrogen-bond donors (Lipinski definition) is 1. The fourth-order valence-corrected chi connectivity index (χ4v) is 1.61. The maximum absolute atomic E-state index is 10.2.